The third-order valence-electron chi connectivity index (χ3n) is 6.85. The number of nitrogens with one attached hydrogen (secondary N) is 1. The topological polar surface area (TPSA) is 86.8 Å². The van der Waals surface area contributed by atoms with Crippen molar-refractivity contribution in [3.63, 3.8) is 0 Å². The molecule has 4 aromatic carbocycles. The Labute approximate surface area is 262 Å². The Morgan fingerprint density at radius 2 is 1.37 bits per heavy atom. The van der Waals surface area contributed by atoms with E-state index in [1.165, 1.54) is 17.0 Å². The van der Waals surface area contributed by atoms with Crippen LogP contribution in [-0.4, -0.2) is 44.3 Å². The minimum Gasteiger partial charge on any atom is -0.354 e. The number of amides is 2. The van der Waals surface area contributed by atoms with Gasteiger partial charge in [0.05, 0.1) is 10.6 Å². The lowest BCUT2D eigenvalue weighted by Gasteiger charge is -2.34. The summed E-state index contributed by atoms with van der Waals surface area (Å²) in [5, 5.41) is 3.00. The second-order valence-electron chi connectivity index (χ2n) is 10.7. The van der Waals surface area contributed by atoms with Crippen molar-refractivity contribution in [2.45, 2.75) is 37.8 Å². The molecule has 224 valence electrons. The highest BCUT2D eigenvalue weighted by Gasteiger charge is 2.34. The monoisotopic (exact) mass is 661 g/mol. The van der Waals surface area contributed by atoms with Crippen LogP contribution in [0.2, 0.25) is 0 Å². The van der Waals surface area contributed by atoms with Gasteiger partial charge in [-0.05, 0) is 53.4 Å². The van der Waals surface area contributed by atoms with Crippen molar-refractivity contribution < 1.29 is 18.0 Å². The number of halogens is 1. The molecule has 0 bridgehead atoms. The molecule has 4 rings (SSSR count). The van der Waals surface area contributed by atoms with Crippen LogP contribution < -0.4 is 9.62 Å². The fourth-order valence-electron chi connectivity index (χ4n) is 4.65. The lowest BCUT2D eigenvalue weighted by atomic mass is 10.0. The molecule has 0 spiro atoms. The van der Waals surface area contributed by atoms with Gasteiger partial charge in [0.25, 0.3) is 10.0 Å². The molecule has 1 unspecified atom stereocenters. The number of carbonyl (C=O) groups excluding carboxylic acids is 2. The molecule has 0 aromatic heterocycles. The van der Waals surface area contributed by atoms with Crippen molar-refractivity contribution in [1.29, 1.82) is 0 Å². The highest BCUT2D eigenvalue weighted by atomic mass is 79.9. The van der Waals surface area contributed by atoms with Gasteiger partial charge in [0.2, 0.25) is 11.8 Å². The molecule has 43 heavy (non-hydrogen) atoms. The number of hydrogen-bond acceptors (Lipinski definition) is 4. The first kappa shape index (κ1) is 32.0. The van der Waals surface area contributed by atoms with Gasteiger partial charge in [0.15, 0.2) is 0 Å². The summed E-state index contributed by atoms with van der Waals surface area (Å²) >= 11 is 3.50. The number of carbonyl (C=O) groups is 2. The molecule has 4 aromatic rings. The van der Waals surface area contributed by atoms with Crippen molar-refractivity contribution in [1.82, 2.24) is 10.2 Å². The first-order valence-electron chi connectivity index (χ1n) is 14.1. The largest absolute Gasteiger partial charge is 0.354 e. The van der Waals surface area contributed by atoms with Gasteiger partial charge in [-0.25, -0.2) is 8.42 Å². The molecule has 0 saturated heterocycles. The van der Waals surface area contributed by atoms with Crippen molar-refractivity contribution in [2.75, 3.05) is 17.4 Å². The predicted molar refractivity (Wildman–Crippen MR) is 174 cm³/mol. The third-order valence-corrected chi connectivity index (χ3v) is 9.13. The van der Waals surface area contributed by atoms with Crippen LogP contribution in [0.5, 0.6) is 0 Å². The van der Waals surface area contributed by atoms with E-state index in [9.17, 15) is 18.0 Å². The fourth-order valence-corrected chi connectivity index (χ4v) is 6.53. The average Bonchev–Trinajstić information content (AvgIpc) is 3.01. The van der Waals surface area contributed by atoms with Gasteiger partial charge in [-0.1, -0.05) is 109 Å². The SMILES string of the molecule is CC(C)CNC(=O)C(Cc1ccccc1)N(Cc1cccc(Br)c1)C(=O)CN(c1ccccc1)S(=O)(=O)c1ccccc1. The Morgan fingerprint density at radius 3 is 1.98 bits per heavy atom. The molecule has 0 aliphatic heterocycles. The minimum atomic E-state index is -4.11. The molecule has 1 N–H and O–H groups in total. The van der Waals surface area contributed by atoms with Gasteiger partial charge in [-0.2, -0.15) is 0 Å². The lowest BCUT2D eigenvalue weighted by molar-refractivity contribution is -0.140. The number of hydrogen-bond donors (Lipinski definition) is 1. The Hall–Kier alpha value is -3.95. The lowest BCUT2D eigenvalue weighted by Crippen LogP contribution is -2.53. The standard InChI is InChI=1S/C34H36BrN3O4S/c1-26(2)23-36-34(40)32(22-27-13-6-3-7-14-27)37(24-28-15-12-16-29(35)21-28)33(39)25-38(30-17-8-4-9-18-30)43(41,42)31-19-10-5-11-20-31/h3-21,26,32H,22-25H2,1-2H3,(H,36,40). The number of anilines is 1. The first-order chi connectivity index (χ1) is 20.6. The van der Waals surface area contributed by atoms with E-state index < -0.39 is 28.5 Å². The molecule has 0 heterocycles. The van der Waals surface area contributed by atoms with E-state index in [1.807, 2.05) is 68.4 Å². The molecule has 1 atom stereocenters. The van der Waals surface area contributed by atoms with Gasteiger partial charge >= 0.3 is 0 Å². The Kier molecular flexibility index (Phi) is 11.1. The van der Waals surface area contributed by atoms with Crippen LogP contribution in [0.25, 0.3) is 0 Å². The number of rotatable bonds is 13. The summed E-state index contributed by atoms with van der Waals surface area (Å²) in [7, 11) is -4.11. The highest BCUT2D eigenvalue weighted by molar-refractivity contribution is 9.10. The summed E-state index contributed by atoms with van der Waals surface area (Å²) in [4.78, 5) is 29.8. The van der Waals surface area contributed by atoms with E-state index >= 15 is 0 Å². The second kappa shape index (κ2) is 15.0. The molecular weight excluding hydrogens is 626 g/mol. The maximum absolute atomic E-state index is 14.4. The Bertz CT molecular complexity index is 1600. The van der Waals surface area contributed by atoms with Crippen molar-refractivity contribution >= 4 is 43.5 Å². The van der Waals surface area contributed by atoms with Gasteiger partial charge in [-0.3, -0.25) is 13.9 Å². The third kappa shape index (κ3) is 8.78. The summed E-state index contributed by atoms with van der Waals surface area (Å²) < 4.78 is 29.8. The van der Waals surface area contributed by atoms with Crippen LogP contribution >= 0.6 is 15.9 Å². The van der Waals surface area contributed by atoms with E-state index in [0.717, 1.165) is 19.9 Å². The summed E-state index contributed by atoms with van der Waals surface area (Å²) in [6.07, 6.45) is 0.265. The van der Waals surface area contributed by atoms with Crippen molar-refractivity contribution in [2.24, 2.45) is 5.92 Å². The molecule has 0 radical (unpaired) electrons. The summed E-state index contributed by atoms with van der Waals surface area (Å²) in [6.45, 7) is 4.07. The molecule has 0 aliphatic rings. The highest BCUT2D eigenvalue weighted by Crippen LogP contribution is 2.25. The summed E-state index contributed by atoms with van der Waals surface area (Å²) in [5.74, 6) is -0.581. The van der Waals surface area contributed by atoms with Crippen molar-refractivity contribution in [3.05, 3.63) is 131 Å². The zero-order valence-electron chi connectivity index (χ0n) is 24.3. The van der Waals surface area contributed by atoms with Crippen LogP contribution in [-0.2, 0) is 32.6 Å². The maximum atomic E-state index is 14.4. The Balaban J connectivity index is 1.77. The number of para-hydroxylation sites is 1. The zero-order chi connectivity index (χ0) is 30.8. The maximum Gasteiger partial charge on any atom is 0.264 e. The van der Waals surface area contributed by atoms with E-state index in [4.69, 9.17) is 0 Å². The van der Waals surface area contributed by atoms with Crippen LogP contribution in [0.4, 0.5) is 5.69 Å². The van der Waals surface area contributed by atoms with Gasteiger partial charge < -0.3 is 10.2 Å². The summed E-state index contributed by atoms with van der Waals surface area (Å²) in [5.41, 5.74) is 2.04. The minimum absolute atomic E-state index is 0.0701. The molecule has 0 saturated carbocycles. The predicted octanol–water partition coefficient (Wildman–Crippen LogP) is 6.06. The molecular formula is C34H36BrN3O4S. The molecule has 9 heteroatoms. The van der Waals surface area contributed by atoms with Crippen molar-refractivity contribution in [3.8, 4) is 0 Å². The molecule has 2 amide bonds. The smallest absolute Gasteiger partial charge is 0.264 e. The van der Waals surface area contributed by atoms with Gasteiger partial charge in [-0.15, -0.1) is 0 Å². The van der Waals surface area contributed by atoms with Crippen LogP contribution in [0.1, 0.15) is 25.0 Å². The summed E-state index contributed by atoms with van der Waals surface area (Å²) in [6, 6.07) is 32.7. The van der Waals surface area contributed by atoms with Crippen LogP contribution in [0.3, 0.4) is 0 Å². The molecule has 0 aliphatic carbocycles. The average molecular weight is 663 g/mol. The van der Waals surface area contributed by atoms with Gasteiger partial charge in [0.1, 0.15) is 12.6 Å². The van der Waals surface area contributed by atoms with Crippen LogP contribution in [0.15, 0.2) is 125 Å². The fraction of sp³-hybridized carbons (Fsp3) is 0.235. The molecule has 0 fully saturated rings. The first-order valence-corrected chi connectivity index (χ1v) is 16.4. The Morgan fingerprint density at radius 1 is 0.791 bits per heavy atom. The number of nitrogens with zero attached hydrogens (tertiary/aromatic N) is 2. The normalized spacial score (nSPS) is 12.0. The van der Waals surface area contributed by atoms with E-state index in [2.05, 4.69) is 21.2 Å². The van der Waals surface area contributed by atoms with Crippen LogP contribution in [0, 0.1) is 5.92 Å². The van der Waals surface area contributed by atoms with E-state index in [-0.39, 0.29) is 29.7 Å². The quantitative estimate of drug-likeness (QED) is 0.189. The number of benzene rings is 4. The second-order valence-corrected chi connectivity index (χ2v) is 13.4. The molecule has 7 nitrogen and oxygen atoms in total. The number of sulfonamides is 1. The zero-order valence-corrected chi connectivity index (χ0v) is 26.7. The van der Waals surface area contributed by atoms with Gasteiger partial charge in [0, 0.05) is 24.0 Å². The van der Waals surface area contributed by atoms with E-state index in [1.54, 1.807) is 48.5 Å². The van der Waals surface area contributed by atoms with E-state index in [0.29, 0.717) is 12.2 Å².